The molecule has 7 heteroatoms. The number of rotatable bonds is 16. The topological polar surface area (TPSA) is 82.1 Å². The molecule has 0 heterocycles. The molecular weight excluding hydrogens is 499 g/mol. The minimum atomic E-state index is -2.22. The van der Waals surface area contributed by atoms with E-state index in [2.05, 4.69) is 6.92 Å². The van der Waals surface area contributed by atoms with Gasteiger partial charge in [0.15, 0.2) is 0 Å². The van der Waals surface area contributed by atoms with Gasteiger partial charge in [0.05, 0.1) is 18.8 Å². The summed E-state index contributed by atoms with van der Waals surface area (Å²) in [6.07, 6.45) is 9.15. The van der Waals surface area contributed by atoms with Gasteiger partial charge in [-0.05, 0) is 86.6 Å². The van der Waals surface area contributed by atoms with Gasteiger partial charge in [0.25, 0.3) is 0 Å². The highest BCUT2D eigenvalue weighted by Gasteiger charge is 2.47. The Labute approximate surface area is 231 Å². The van der Waals surface area contributed by atoms with Crippen LogP contribution in [0.4, 0.5) is 4.39 Å². The third kappa shape index (κ3) is 9.26. The average Bonchev–Trinajstić information content (AvgIpc) is 2.96. The van der Waals surface area contributed by atoms with Gasteiger partial charge in [0.1, 0.15) is 17.2 Å². The molecule has 1 saturated carbocycles. The largest absolute Gasteiger partial charge is 0.494 e. The number of esters is 1. The predicted molar refractivity (Wildman–Crippen MR) is 149 cm³/mol. The molecule has 0 aliphatic heterocycles. The first-order chi connectivity index (χ1) is 18.9. The van der Waals surface area contributed by atoms with Crippen molar-refractivity contribution in [2.75, 3.05) is 13.2 Å². The normalized spacial score (nSPS) is 16.2. The van der Waals surface area contributed by atoms with Crippen LogP contribution in [-0.4, -0.2) is 35.9 Å². The number of hydrogen-bond acceptors (Lipinski definition) is 5. The van der Waals surface area contributed by atoms with Crippen molar-refractivity contribution in [3.63, 3.8) is 0 Å². The van der Waals surface area contributed by atoms with E-state index in [0.717, 1.165) is 37.9 Å². The molecule has 39 heavy (non-hydrogen) atoms. The molecule has 1 aliphatic rings. The van der Waals surface area contributed by atoms with Gasteiger partial charge in [-0.1, -0.05) is 52.4 Å². The summed E-state index contributed by atoms with van der Waals surface area (Å²) in [5.74, 6) is -0.849. The lowest BCUT2D eigenvalue weighted by Gasteiger charge is -2.35. The fourth-order valence-electron chi connectivity index (χ4n) is 5.12. The van der Waals surface area contributed by atoms with Gasteiger partial charge in [-0.25, -0.2) is 14.0 Å². The van der Waals surface area contributed by atoms with E-state index in [0.29, 0.717) is 42.9 Å². The summed E-state index contributed by atoms with van der Waals surface area (Å²) >= 11 is 0. The molecule has 0 radical (unpaired) electrons. The molecule has 0 bridgehead atoms. The highest BCUT2D eigenvalue weighted by molar-refractivity contribution is 5.91. The molecule has 2 aromatic carbocycles. The van der Waals surface area contributed by atoms with Crippen molar-refractivity contribution < 1.29 is 33.3 Å². The van der Waals surface area contributed by atoms with E-state index in [1.807, 2.05) is 6.92 Å². The molecular formula is C32H43FO6. The van der Waals surface area contributed by atoms with Crippen molar-refractivity contribution in [1.29, 1.82) is 0 Å². The molecule has 1 aliphatic carbocycles. The van der Waals surface area contributed by atoms with Crippen LogP contribution in [0.3, 0.4) is 0 Å². The number of hydrogen-bond donors (Lipinski definition) is 1. The van der Waals surface area contributed by atoms with E-state index in [1.54, 1.807) is 48.5 Å². The molecule has 0 amide bonds. The Bertz CT molecular complexity index is 1020. The minimum Gasteiger partial charge on any atom is -0.494 e. The van der Waals surface area contributed by atoms with Crippen LogP contribution in [0, 0.1) is 11.8 Å². The number of aliphatic carboxylic acids is 1. The van der Waals surface area contributed by atoms with Gasteiger partial charge in [0.2, 0.25) is 5.67 Å². The lowest BCUT2D eigenvalue weighted by Crippen LogP contribution is -2.44. The highest BCUT2D eigenvalue weighted by Crippen LogP contribution is 2.40. The predicted octanol–water partition coefficient (Wildman–Crippen LogP) is 8.03. The Morgan fingerprint density at radius 2 is 1.51 bits per heavy atom. The SMILES string of the molecule is CCCCCCOc1ccc(C(=O)Oc2ccc(OCC(CC)C[C@@](F)(C(=O)O)C3CCCCC3)cc2)cc1. The maximum Gasteiger partial charge on any atom is 0.343 e. The number of benzene rings is 2. The van der Waals surface area contributed by atoms with Crippen molar-refractivity contribution in [2.45, 2.75) is 90.1 Å². The number of unbranched alkanes of at least 4 members (excludes halogenated alkanes) is 3. The first-order valence-corrected chi connectivity index (χ1v) is 14.5. The fraction of sp³-hybridized carbons (Fsp3) is 0.562. The molecule has 0 saturated heterocycles. The number of carbonyl (C=O) groups is 2. The average molecular weight is 543 g/mol. The number of carbonyl (C=O) groups excluding carboxylic acids is 1. The third-order valence-corrected chi connectivity index (χ3v) is 7.65. The summed E-state index contributed by atoms with van der Waals surface area (Å²) in [5, 5.41) is 9.71. The molecule has 2 aromatic rings. The van der Waals surface area contributed by atoms with Gasteiger partial charge in [-0.15, -0.1) is 0 Å². The van der Waals surface area contributed by atoms with E-state index < -0.39 is 23.5 Å². The Hall–Kier alpha value is -3.09. The molecule has 0 spiro atoms. The smallest absolute Gasteiger partial charge is 0.343 e. The second-order valence-electron chi connectivity index (χ2n) is 10.6. The Morgan fingerprint density at radius 3 is 2.13 bits per heavy atom. The molecule has 214 valence electrons. The maximum absolute atomic E-state index is 15.7. The molecule has 3 rings (SSSR count). The van der Waals surface area contributed by atoms with Crippen LogP contribution in [0.5, 0.6) is 17.2 Å². The first-order valence-electron chi connectivity index (χ1n) is 14.5. The molecule has 1 N–H and O–H groups in total. The Morgan fingerprint density at radius 1 is 0.897 bits per heavy atom. The third-order valence-electron chi connectivity index (χ3n) is 7.65. The van der Waals surface area contributed by atoms with Crippen LogP contribution in [-0.2, 0) is 4.79 Å². The maximum atomic E-state index is 15.7. The quantitative estimate of drug-likeness (QED) is 0.131. The summed E-state index contributed by atoms with van der Waals surface area (Å²) in [6, 6.07) is 13.5. The lowest BCUT2D eigenvalue weighted by atomic mass is 9.74. The summed E-state index contributed by atoms with van der Waals surface area (Å²) in [4.78, 5) is 24.4. The van der Waals surface area contributed by atoms with E-state index in [-0.39, 0.29) is 18.9 Å². The monoisotopic (exact) mass is 542 g/mol. The van der Waals surface area contributed by atoms with Crippen LogP contribution in [0.25, 0.3) is 0 Å². The number of ether oxygens (including phenoxy) is 3. The van der Waals surface area contributed by atoms with Gasteiger partial charge < -0.3 is 19.3 Å². The summed E-state index contributed by atoms with van der Waals surface area (Å²) in [5.41, 5.74) is -1.80. The van der Waals surface area contributed by atoms with Crippen molar-refractivity contribution in [3.05, 3.63) is 54.1 Å². The second-order valence-corrected chi connectivity index (χ2v) is 10.6. The Kier molecular flexibility index (Phi) is 12.1. The number of carboxylic acids is 1. The molecule has 1 fully saturated rings. The van der Waals surface area contributed by atoms with Crippen molar-refractivity contribution in [1.82, 2.24) is 0 Å². The first kappa shape index (κ1) is 30.5. The zero-order valence-electron chi connectivity index (χ0n) is 23.3. The lowest BCUT2D eigenvalue weighted by molar-refractivity contribution is -0.158. The number of halogens is 1. The number of carboxylic acid groups (broad SMARTS) is 1. The van der Waals surface area contributed by atoms with Gasteiger partial charge in [0, 0.05) is 5.92 Å². The van der Waals surface area contributed by atoms with Crippen LogP contribution in [0.15, 0.2) is 48.5 Å². The van der Waals surface area contributed by atoms with Crippen molar-refractivity contribution >= 4 is 11.9 Å². The van der Waals surface area contributed by atoms with Crippen LogP contribution in [0.1, 0.15) is 94.8 Å². The van der Waals surface area contributed by atoms with Gasteiger partial charge in [-0.2, -0.15) is 0 Å². The summed E-state index contributed by atoms with van der Waals surface area (Å²) in [7, 11) is 0. The fourth-order valence-corrected chi connectivity index (χ4v) is 5.12. The van der Waals surface area contributed by atoms with E-state index in [4.69, 9.17) is 14.2 Å². The summed E-state index contributed by atoms with van der Waals surface area (Å²) < 4.78 is 32.8. The van der Waals surface area contributed by atoms with Crippen molar-refractivity contribution in [3.8, 4) is 17.2 Å². The van der Waals surface area contributed by atoms with E-state index in [1.165, 1.54) is 12.8 Å². The van der Waals surface area contributed by atoms with E-state index >= 15 is 4.39 Å². The zero-order valence-corrected chi connectivity index (χ0v) is 23.3. The second kappa shape index (κ2) is 15.5. The van der Waals surface area contributed by atoms with Gasteiger partial charge in [-0.3, -0.25) is 0 Å². The van der Waals surface area contributed by atoms with Crippen LogP contribution in [0.2, 0.25) is 0 Å². The molecule has 2 atom stereocenters. The molecule has 1 unspecified atom stereocenters. The minimum absolute atomic E-state index is 0.0537. The van der Waals surface area contributed by atoms with Crippen molar-refractivity contribution in [2.24, 2.45) is 11.8 Å². The van der Waals surface area contributed by atoms with Crippen LogP contribution >= 0.6 is 0 Å². The van der Waals surface area contributed by atoms with E-state index in [9.17, 15) is 14.7 Å². The molecule has 6 nitrogen and oxygen atoms in total. The standard InChI is InChI=1S/C32H43FO6/c1-3-5-6-10-21-37-27-15-13-25(14-16-27)30(34)39-29-19-17-28(18-20-29)38-23-24(4-2)22-32(33,31(35)36)26-11-8-7-9-12-26/h13-20,24,26H,3-12,21-23H2,1-2H3,(H,35,36)/t24?,32-/m0/s1. The Balaban J connectivity index is 1.48. The summed E-state index contributed by atoms with van der Waals surface area (Å²) in [6.45, 7) is 4.97. The van der Waals surface area contributed by atoms with Gasteiger partial charge >= 0.3 is 11.9 Å². The molecule has 0 aromatic heterocycles. The number of alkyl halides is 1. The zero-order chi connectivity index (χ0) is 28.1. The van der Waals surface area contributed by atoms with Crippen LogP contribution < -0.4 is 14.2 Å². The highest BCUT2D eigenvalue weighted by atomic mass is 19.1.